The van der Waals surface area contributed by atoms with E-state index in [1.54, 1.807) is 47.4 Å². The molecule has 1 unspecified atom stereocenters. The second kappa shape index (κ2) is 7.19. The van der Waals surface area contributed by atoms with E-state index in [9.17, 15) is 17.6 Å². The molecule has 0 N–H and O–H groups in total. The van der Waals surface area contributed by atoms with Gasteiger partial charge in [-0.3, -0.25) is 4.79 Å². The molecule has 4 nitrogen and oxygen atoms in total. The van der Waals surface area contributed by atoms with Gasteiger partial charge in [0.1, 0.15) is 5.82 Å². The van der Waals surface area contributed by atoms with Gasteiger partial charge in [-0.25, -0.2) is 12.8 Å². The second-order valence-corrected chi connectivity index (χ2v) is 9.05. The van der Waals surface area contributed by atoms with Gasteiger partial charge in [-0.15, -0.1) is 0 Å². The van der Waals surface area contributed by atoms with Crippen molar-refractivity contribution < 1.29 is 17.6 Å². The molecule has 0 aliphatic heterocycles. The highest BCUT2D eigenvalue weighted by atomic mass is 32.2. The second-order valence-electron chi connectivity index (χ2n) is 6.91. The Hall–Kier alpha value is -2.21. The predicted molar refractivity (Wildman–Crippen MR) is 99.0 cm³/mol. The van der Waals surface area contributed by atoms with Crippen molar-refractivity contribution in [2.24, 2.45) is 0 Å². The van der Waals surface area contributed by atoms with Crippen LogP contribution < -0.4 is 0 Å². The largest absolute Gasteiger partial charge is 0.329 e. The summed E-state index contributed by atoms with van der Waals surface area (Å²) in [4.78, 5) is 14.8. The fourth-order valence-electron chi connectivity index (χ4n) is 3.22. The van der Waals surface area contributed by atoms with Crippen LogP contribution in [0.25, 0.3) is 0 Å². The van der Waals surface area contributed by atoms with Gasteiger partial charge in [0.15, 0.2) is 9.84 Å². The minimum absolute atomic E-state index is 0.0932. The Bertz CT molecular complexity index is 922. The van der Waals surface area contributed by atoms with Crippen LogP contribution in [0, 0.1) is 5.82 Å². The number of hydrogen-bond acceptors (Lipinski definition) is 3. The topological polar surface area (TPSA) is 54.5 Å². The molecule has 0 saturated heterocycles. The highest BCUT2D eigenvalue weighted by molar-refractivity contribution is 7.89. The highest BCUT2D eigenvalue weighted by Gasteiger charge is 2.37. The standard InChI is InChI=1S/C20H22FNO3S/c1-14(18-8-3-4-9-19(18)21)22(17-10-11-17)20(23)16-7-5-6-15(12-16)13-26(2,24)25/h3-9,12,14,17H,10-11,13H2,1-2H3. The third-order valence-corrected chi connectivity index (χ3v) is 5.41. The molecule has 0 spiro atoms. The van der Waals surface area contributed by atoms with Crippen LogP contribution in [0.4, 0.5) is 4.39 Å². The van der Waals surface area contributed by atoms with Crippen molar-refractivity contribution in [1.82, 2.24) is 4.90 Å². The number of carbonyl (C=O) groups is 1. The van der Waals surface area contributed by atoms with Gasteiger partial charge in [0.05, 0.1) is 11.8 Å². The summed E-state index contributed by atoms with van der Waals surface area (Å²) in [5, 5.41) is 0. The Labute approximate surface area is 153 Å². The monoisotopic (exact) mass is 375 g/mol. The first-order valence-electron chi connectivity index (χ1n) is 8.60. The Morgan fingerprint density at radius 1 is 1.19 bits per heavy atom. The zero-order valence-corrected chi connectivity index (χ0v) is 15.7. The zero-order chi connectivity index (χ0) is 18.9. The summed E-state index contributed by atoms with van der Waals surface area (Å²) in [5.41, 5.74) is 1.49. The summed E-state index contributed by atoms with van der Waals surface area (Å²) in [6.07, 6.45) is 2.96. The molecule has 26 heavy (non-hydrogen) atoms. The van der Waals surface area contributed by atoms with E-state index in [0.29, 0.717) is 16.7 Å². The van der Waals surface area contributed by atoms with E-state index in [-0.39, 0.29) is 23.5 Å². The van der Waals surface area contributed by atoms with E-state index in [1.807, 2.05) is 6.92 Å². The molecule has 2 aromatic carbocycles. The molecule has 1 atom stereocenters. The molecule has 0 aromatic heterocycles. The maximum absolute atomic E-state index is 14.2. The van der Waals surface area contributed by atoms with Crippen LogP contribution in [0.15, 0.2) is 48.5 Å². The summed E-state index contributed by atoms with van der Waals surface area (Å²) in [7, 11) is -3.18. The molecule has 2 aromatic rings. The quantitative estimate of drug-likeness (QED) is 0.773. The number of sulfone groups is 1. The number of amides is 1. The van der Waals surface area contributed by atoms with Gasteiger partial charge >= 0.3 is 0 Å². The average Bonchev–Trinajstić information content (AvgIpc) is 3.39. The minimum atomic E-state index is -3.18. The van der Waals surface area contributed by atoms with Crippen molar-refractivity contribution in [3.8, 4) is 0 Å². The Balaban J connectivity index is 1.91. The normalized spacial score (nSPS) is 15.5. The molecule has 1 aliphatic rings. The van der Waals surface area contributed by atoms with Crippen molar-refractivity contribution in [3.63, 3.8) is 0 Å². The molecule has 138 valence electrons. The van der Waals surface area contributed by atoms with E-state index in [1.165, 1.54) is 6.07 Å². The van der Waals surface area contributed by atoms with Crippen molar-refractivity contribution in [2.75, 3.05) is 6.26 Å². The molecule has 1 fully saturated rings. The summed E-state index contributed by atoms with van der Waals surface area (Å²) >= 11 is 0. The zero-order valence-electron chi connectivity index (χ0n) is 14.9. The molecule has 1 aliphatic carbocycles. The van der Waals surface area contributed by atoms with Gasteiger partial charge in [0, 0.05) is 23.4 Å². The lowest BCUT2D eigenvalue weighted by molar-refractivity contribution is 0.0671. The van der Waals surface area contributed by atoms with E-state index in [0.717, 1.165) is 19.1 Å². The fourth-order valence-corrected chi connectivity index (χ4v) is 4.01. The molecule has 6 heteroatoms. The first-order chi connectivity index (χ1) is 12.3. The average molecular weight is 375 g/mol. The number of halogens is 1. The highest BCUT2D eigenvalue weighted by Crippen LogP contribution is 2.36. The molecule has 0 radical (unpaired) electrons. The van der Waals surface area contributed by atoms with E-state index in [2.05, 4.69) is 0 Å². The van der Waals surface area contributed by atoms with Crippen LogP contribution in [0.3, 0.4) is 0 Å². The predicted octanol–water partition coefficient (Wildman–Crippen LogP) is 3.74. The van der Waals surface area contributed by atoms with Gasteiger partial charge in [-0.2, -0.15) is 0 Å². The fraction of sp³-hybridized carbons (Fsp3) is 0.350. The van der Waals surface area contributed by atoms with Gasteiger partial charge in [0.2, 0.25) is 0 Å². The van der Waals surface area contributed by atoms with Crippen LogP contribution in [0.5, 0.6) is 0 Å². The summed E-state index contributed by atoms with van der Waals surface area (Å²) in [6, 6.07) is 12.9. The van der Waals surface area contributed by atoms with Gasteiger partial charge in [0.25, 0.3) is 5.91 Å². The number of rotatable bonds is 6. The summed E-state index contributed by atoms with van der Waals surface area (Å²) < 4.78 is 37.3. The first kappa shape index (κ1) is 18.6. The number of nitrogens with zero attached hydrogens (tertiary/aromatic N) is 1. The molecule has 1 saturated carbocycles. The lowest BCUT2D eigenvalue weighted by Gasteiger charge is -2.30. The molecule has 3 rings (SSSR count). The van der Waals surface area contributed by atoms with Crippen LogP contribution >= 0.6 is 0 Å². The molecule has 0 heterocycles. The number of carbonyl (C=O) groups excluding carboxylic acids is 1. The first-order valence-corrected chi connectivity index (χ1v) is 10.7. The van der Waals surface area contributed by atoms with Gasteiger partial charge < -0.3 is 4.90 Å². The maximum Gasteiger partial charge on any atom is 0.254 e. The van der Waals surface area contributed by atoms with E-state index in [4.69, 9.17) is 0 Å². The smallest absolute Gasteiger partial charge is 0.254 e. The Morgan fingerprint density at radius 2 is 1.88 bits per heavy atom. The van der Waals surface area contributed by atoms with Crippen molar-refractivity contribution >= 4 is 15.7 Å². The SMILES string of the molecule is CC(c1ccccc1F)N(C(=O)c1cccc(CS(C)(=O)=O)c1)C1CC1. The van der Waals surface area contributed by atoms with Crippen LogP contribution in [0.2, 0.25) is 0 Å². The Morgan fingerprint density at radius 3 is 2.50 bits per heavy atom. The number of benzene rings is 2. The van der Waals surface area contributed by atoms with Crippen LogP contribution in [0.1, 0.15) is 47.3 Å². The lowest BCUT2D eigenvalue weighted by atomic mass is 10.0. The molecular weight excluding hydrogens is 353 g/mol. The Kier molecular flexibility index (Phi) is 5.14. The van der Waals surface area contributed by atoms with Crippen molar-refractivity contribution in [1.29, 1.82) is 0 Å². The van der Waals surface area contributed by atoms with Crippen LogP contribution in [-0.4, -0.2) is 31.5 Å². The van der Waals surface area contributed by atoms with Crippen LogP contribution in [-0.2, 0) is 15.6 Å². The molecular formula is C20H22FNO3S. The van der Waals surface area contributed by atoms with Crippen molar-refractivity contribution in [2.45, 2.75) is 37.6 Å². The maximum atomic E-state index is 14.2. The molecule has 1 amide bonds. The third kappa shape index (κ3) is 4.30. The lowest BCUT2D eigenvalue weighted by Crippen LogP contribution is -2.36. The summed E-state index contributed by atoms with van der Waals surface area (Å²) in [6.45, 7) is 1.83. The summed E-state index contributed by atoms with van der Waals surface area (Å²) in [5.74, 6) is -0.636. The molecule has 0 bridgehead atoms. The third-order valence-electron chi connectivity index (χ3n) is 4.55. The minimum Gasteiger partial charge on any atom is -0.329 e. The number of hydrogen-bond donors (Lipinski definition) is 0. The van der Waals surface area contributed by atoms with E-state index < -0.39 is 15.9 Å². The van der Waals surface area contributed by atoms with E-state index >= 15 is 0 Å². The van der Waals surface area contributed by atoms with Gasteiger partial charge in [-0.05, 0) is 43.5 Å². The van der Waals surface area contributed by atoms with Crippen molar-refractivity contribution in [3.05, 3.63) is 71.0 Å². The van der Waals surface area contributed by atoms with Gasteiger partial charge in [-0.1, -0.05) is 30.3 Å².